The van der Waals surface area contributed by atoms with Crippen molar-refractivity contribution in [2.45, 2.75) is 0 Å². The summed E-state index contributed by atoms with van der Waals surface area (Å²) in [5.41, 5.74) is 2.24. The van der Waals surface area contributed by atoms with E-state index in [1.54, 1.807) is 0 Å². The third kappa shape index (κ3) is 6.03. The first-order valence-electron chi connectivity index (χ1n) is 5.92. The van der Waals surface area contributed by atoms with E-state index in [9.17, 15) is 0 Å². The molecule has 0 spiro atoms. The highest BCUT2D eigenvalue weighted by atomic mass is 31.0. The normalized spacial score (nSPS) is 11.6. The maximum atomic E-state index is 4.65. The molecule has 0 saturated heterocycles. The smallest absolute Gasteiger partial charge is 0.169 e. The molecule has 0 radical (unpaired) electrons. The molecule has 1 aliphatic heterocycles. The summed E-state index contributed by atoms with van der Waals surface area (Å²) in [4.78, 5) is 3.74. The first-order valence-corrected chi connectivity index (χ1v) is 5.92. The van der Waals surface area contributed by atoms with Crippen LogP contribution in [0.1, 0.15) is 0 Å². The van der Waals surface area contributed by atoms with Gasteiger partial charge in [-0.3, -0.25) is 4.99 Å². The molecule has 0 fully saturated rings. The maximum absolute atomic E-state index is 4.65. The van der Waals surface area contributed by atoms with E-state index in [0.717, 1.165) is 24.5 Å². The molecule has 2 aromatic carbocycles. The summed E-state index contributed by atoms with van der Waals surface area (Å²) in [6.07, 6.45) is 1.49. The van der Waals surface area contributed by atoms with Crippen LogP contribution in [0.2, 0.25) is 0 Å². The molecular formula is C15H19N2OP. The minimum absolute atomic E-state index is 0. The van der Waals surface area contributed by atoms with Crippen LogP contribution in [-0.4, -0.2) is 19.6 Å². The molecule has 1 N–H and O–H groups in total. The van der Waals surface area contributed by atoms with Gasteiger partial charge in [-0.1, -0.05) is 36.4 Å². The molecule has 1 heterocycles. The van der Waals surface area contributed by atoms with E-state index in [4.69, 9.17) is 0 Å². The summed E-state index contributed by atoms with van der Waals surface area (Å²) in [5, 5.41) is 3.30. The third-order valence-electron chi connectivity index (χ3n) is 2.32. The summed E-state index contributed by atoms with van der Waals surface area (Å²) >= 11 is 0. The van der Waals surface area contributed by atoms with E-state index >= 15 is 0 Å². The Bertz CT molecular complexity index is 431. The second-order valence-corrected chi connectivity index (χ2v) is 3.74. The average molecular weight is 274 g/mol. The predicted octanol–water partition coefficient (Wildman–Crippen LogP) is 3.53. The lowest BCUT2D eigenvalue weighted by Crippen LogP contribution is -1.87. The second-order valence-electron chi connectivity index (χ2n) is 3.74. The molecule has 0 amide bonds. The number of aliphatic imine (C=N–C) groups is 1. The Hall–Kier alpha value is -1.86. The first kappa shape index (κ1) is 15.2. The molecule has 100 valence electrons. The van der Waals surface area contributed by atoms with Crippen LogP contribution in [-0.2, 0) is 4.74 Å². The lowest BCUT2D eigenvalue weighted by atomic mass is 10.3. The van der Waals surface area contributed by atoms with Gasteiger partial charge in [-0.05, 0) is 24.3 Å². The molecule has 19 heavy (non-hydrogen) atoms. The van der Waals surface area contributed by atoms with Crippen LogP contribution in [0.5, 0.6) is 0 Å². The minimum Gasteiger partial charge on any atom is -0.482 e. The Kier molecular flexibility index (Phi) is 7.30. The Balaban J connectivity index is 0.000000256. The van der Waals surface area contributed by atoms with Crippen molar-refractivity contribution in [2.24, 2.45) is 4.99 Å². The van der Waals surface area contributed by atoms with Crippen molar-refractivity contribution in [3.05, 3.63) is 60.7 Å². The zero-order chi connectivity index (χ0) is 12.5. The fourth-order valence-electron chi connectivity index (χ4n) is 1.47. The van der Waals surface area contributed by atoms with Crippen LogP contribution >= 0.6 is 9.90 Å². The van der Waals surface area contributed by atoms with Gasteiger partial charge in [0.25, 0.3) is 0 Å². The second kappa shape index (κ2) is 9.12. The van der Waals surface area contributed by atoms with Gasteiger partial charge in [-0.25, -0.2) is 0 Å². The third-order valence-corrected chi connectivity index (χ3v) is 2.32. The molecule has 3 rings (SSSR count). The zero-order valence-electron chi connectivity index (χ0n) is 10.8. The van der Waals surface area contributed by atoms with Crippen molar-refractivity contribution >= 4 is 27.7 Å². The van der Waals surface area contributed by atoms with Gasteiger partial charge in [0.15, 0.2) is 6.40 Å². The summed E-state index contributed by atoms with van der Waals surface area (Å²) in [6.45, 7) is 1.62. The lowest BCUT2D eigenvalue weighted by molar-refractivity contribution is 0.361. The van der Waals surface area contributed by atoms with Gasteiger partial charge >= 0.3 is 0 Å². The van der Waals surface area contributed by atoms with Crippen LogP contribution in [0.3, 0.4) is 0 Å². The average Bonchev–Trinajstić information content (AvgIpc) is 3.00. The van der Waals surface area contributed by atoms with Crippen LogP contribution in [0.25, 0.3) is 0 Å². The molecule has 4 heteroatoms. The van der Waals surface area contributed by atoms with Crippen LogP contribution < -0.4 is 5.32 Å². The number of para-hydroxylation sites is 2. The quantitative estimate of drug-likeness (QED) is 0.850. The molecule has 1 aliphatic rings. The summed E-state index contributed by atoms with van der Waals surface area (Å²) in [5.74, 6) is 0. The zero-order valence-corrected chi connectivity index (χ0v) is 12.2. The summed E-state index contributed by atoms with van der Waals surface area (Å²) in [7, 11) is 0. The highest BCUT2D eigenvalue weighted by molar-refractivity contribution is 6.92. The van der Waals surface area contributed by atoms with E-state index in [2.05, 4.69) is 15.0 Å². The Morgan fingerprint density at radius 2 is 1.37 bits per heavy atom. The van der Waals surface area contributed by atoms with E-state index < -0.39 is 0 Å². The van der Waals surface area contributed by atoms with E-state index in [-0.39, 0.29) is 9.90 Å². The number of rotatable bonds is 2. The molecule has 0 aliphatic carbocycles. The van der Waals surface area contributed by atoms with Crippen molar-refractivity contribution < 1.29 is 4.74 Å². The Labute approximate surface area is 117 Å². The van der Waals surface area contributed by atoms with Crippen LogP contribution in [0.15, 0.2) is 65.7 Å². The summed E-state index contributed by atoms with van der Waals surface area (Å²) in [6, 6.07) is 20.3. The molecule has 0 aromatic heterocycles. The predicted molar refractivity (Wildman–Crippen MR) is 86.6 cm³/mol. The van der Waals surface area contributed by atoms with Gasteiger partial charge in [0.1, 0.15) is 6.61 Å². The fourth-order valence-corrected chi connectivity index (χ4v) is 1.47. The number of nitrogens with zero attached hydrogens (tertiary/aromatic N) is 1. The number of benzene rings is 2. The maximum Gasteiger partial charge on any atom is 0.169 e. The Morgan fingerprint density at radius 1 is 0.842 bits per heavy atom. The van der Waals surface area contributed by atoms with E-state index in [1.165, 1.54) is 6.40 Å². The van der Waals surface area contributed by atoms with Gasteiger partial charge in [0.05, 0.1) is 6.54 Å². The van der Waals surface area contributed by atoms with Crippen molar-refractivity contribution in [3.63, 3.8) is 0 Å². The molecule has 2 aromatic rings. The molecule has 1 atom stereocenters. The van der Waals surface area contributed by atoms with Gasteiger partial charge in [-0.15, -0.1) is 0 Å². The van der Waals surface area contributed by atoms with Gasteiger partial charge in [-0.2, -0.15) is 9.90 Å². The number of ether oxygens (including phenoxy) is 1. The largest absolute Gasteiger partial charge is 0.482 e. The van der Waals surface area contributed by atoms with Gasteiger partial charge in [0, 0.05) is 11.4 Å². The number of hydrogen-bond donors (Lipinski definition) is 1. The van der Waals surface area contributed by atoms with Gasteiger partial charge < -0.3 is 10.1 Å². The standard InChI is InChI=1S/C12H11N.C3H5NO.H3P/c1-3-7-11(8-4-1)13-12-9-5-2-6-10-12;1-2-5-3-4-1;/h1-10,13H;3H,1-2H2;1H3. The topological polar surface area (TPSA) is 33.6 Å². The fraction of sp³-hybridized carbons (Fsp3) is 0.133. The van der Waals surface area contributed by atoms with Crippen LogP contribution in [0, 0.1) is 0 Å². The highest BCUT2D eigenvalue weighted by Crippen LogP contribution is 2.14. The SMILES string of the molecule is C1=NCCO1.P.c1ccc(Nc2ccccc2)cc1. The minimum atomic E-state index is 0. The molecule has 3 nitrogen and oxygen atoms in total. The summed E-state index contributed by atoms with van der Waals surface area (Å²) < 4.78 is 4.65. The lowest BCUT2D eigenvalue weighted by Gasteiger charge is -2.04. The number of nitrogens with one attached hydrogen (secondary N) is 1. The van der Waals surface area contributed by atoms with Crippen molar-refractivity contribution in [3.8, 4) is 0 Å². The number of hydrogen-bond acceptors (Lipinski definition) is 3. The Morgan fingerprint density at radius 3 is 1.68 bits per heavy atom. The van der Waals surface area contributed by atoms with E-state index in [0.29, 0.717) is 0 Å². The van der Waals surface area contributed by atoms with Crippen molar-refractivity contribution in [1.82, 2.24) is 0 Å². The first-order chi connectivity index (χ1) is 8.95. The monoisotopic (exact) mass is 274 g/mol. The molecule has 1 unspecified atom stereocenters. The van der Waals surface area contributed by atoms with E-state index in [1.807, 2.05) is 60.7 Å². The highest BCUT2D eigenvalue weighted by Gasteiger charge is 1.89. The molecular weight excluding hydrogens is 255 g/mol. The van der Waals surface area contributed by atoms with Gasteiger partial charge in [0.2, 0.25) is 0 Å². The molecule has 0 saturated carbocycles. The number of anilines is 2. The van der Waals surface area contributed by atoms with Crippen molar-refractivity contribution in [2.75, 3.05) is 18.5 Å². The van der Waals surface area contributed by atoms with Crippen molar-refractivity contribution in [1.29, 1.82) is 0 Å². The molecule has 0 bridgehead atoms. The van der Waals surface area contributed by atoms with Crippen LogP contribution in [0.4, 0.5) is 11.4 Å².